The van der Waals surface area contributed by atoms with Crippen molar-refractivity contribution in [3.05, 3.63) is 47.2 Å². The van der Waals surface area contributed by atoms with E-state index in [4.69, 9.17) is 14.2 Å². The lowest BCUT2D eigenvalue weighted by molar-refractivity contribution is -0.252. The number of allylic oxidation sites excluding steroid dienone is 1. The van der Waals surface area contributed by atoms with Crippen LogP contribution in [0.15, 0.2) is 41.7 Å². The van der Waals surface area contributed by atoms with Crippen molar-refractivity contribution in [2.75, 3.05) is 0 Å². The first-order valence-electron chi connectivity index (χ1n) is 10.8. The summed E-state index contributed by atoms with van der Waals surface area (Å²) in [7, 11) is 0. The molecule has 1 aromatic rings. The summed E-state index contributed by atoms with van der Waals surface area (Å²) in [6.07, 6.45) is 5.78. The quantitative estimate of drug-likeness (QED) is 0.755. The minimum Gasteiger partial charge on any atom is -0.468 e. The summed E-state index contributed by atoms with van der Waals surface area (Å²) in [6, 6.07) is 10.3. The maximum absolute atomic E-state index is 13.1. The molecule has 1 saturated carbocycles. The van der Waals surface area contributed by atoms with Gasteiger partial charge in [0.2, 0.25) is 6.29 Å². The van der Waals surface area contributed by atoms with Crippen molar-refractivity contribution < 1.29 is 19.0 Å². The Morgan fingerprint density at radius 2 is 1.89 bits per heavy atom. The van der Waals surface area contributed by atoms with E-state index in [1.807, 2.05) is 18.2 Å². The Labute approximate surface area is 167 Å². The molecule has 0 amide bonds. The lowest BCUT2D eigenvalue weighted by Crippen LogP contribution is -2.53. The van der Waals surface area contributed by atoms with E-state index >= 15 is 0 Å². The topological polar surface area (TPSA) is 44.8 Å². The fraction of sp³-hybridized carbons (Fsp3) is 0.625. The SMILES string of the molecule is CC1(C)CC(=O)C2=C(C1)O[C@H]1O[C@H]3CCCC[C@@H]3[C@@H](OCc3ccccc3)[C@@H]21. The molecular weight excluding hydrogens is 352 g/mol. The first-order chi connectivity index (χ1) is 13.5. The van der Waals surface area contributed by atoms with Crippen molar-refractivity contribution in [3.63, 3.8) is 0 Å². The van der Waals surface area contributed by atoms with Crippen molar-refractivity contribution in [3.8, 4) is 0 Å². The van der Waals surface area contributed by atoms with E-state index in [0.717, 1.165) is 30.6 Å². The minimum atomic E-state index is -0.358. The largest absolute Gasteiger partial charge is 0.468 e. The molecule has 5 atom stereocenters. The van der Waals surface area contributed by atoms with Crippen LogP contribution in [0.1, 0.15) is 57.9 Å². The fourth-order valence-electron chi connectivity index (χ4n) is 5.64. The second-order valence-electron chi connectivity index (χ2n) is 9.67. The van der Waals surface area contributed by atoms with Gasteiger partial charge >= 0.3 is 0 Å². The molecule has 2 aliphatic carbocycles. The average Bonchev–Trinajstić information content (AvgIpc) is 3.02. The van der Waals surface area contributed by atoms with Gasteiger partial charge in [0.05, 0.1) is 24.7 Å². The smallest absolute Gasteiger partial charge is 0.209 e. The third-order valence-electron chi connectivity index (χ3n) is 6.89. The highest BCUT2D eigenvalue weighted by atomic mass is 16.7. The molecule has 0 unspecified atom stereocenters. The molecule has 0 radical (unpaired) electrons. The minimum absolute atomic E-state index is 0.0121. The van der Waals surface area contributed by atoms with Crippen molar-refractivity contribution in [2.45, 2.75) is 77.5 Å². The van der Waals surface area contributed by atoms with Crippen LogP contribution in [0.2, 0.25) is 0 Å². The van der Waals surface area contributed by atoms with E-state index in [-0.39, 0.29) is 35.6 Å². The molecule has 0 N–H and O–H groups in total. The standard InChI is InChI=1S/C24H30O4/c1-24(2)12-17(25)20-19(13-24)28-23-21(20)22(16-10-6-7-11-18(16)27-23)26-14-15-8-4-3-5-9-15/h3-5,8-9,16,18,21-23H,6-7,10-14H2,1-2H3/t16-,18-,21+,22+,23+/m0/s1. The van der Waals surface area contributed by atoms with E-state index in [1.165, 1.54) is 18.4 Å². The van der Waals surface area contributed by atoms with E-state index in [9.17, 15) is 4.79 Å². The van der Waals surface area contributed by atoms with Crippen LogP contribution in [0.25, 0.3) is 0 Å². The number of ether oxygens (including phenoxy) is 3. The van der Waals surface area contributed by atoms with E-state index in [2.05, 4.69) is 26.0 Å². The van der Waals surface area contributed by atoms with Gasteiger partial charge < -0.3 is 14.2 Å². The Morgan fingerprint density at radius 1 is 1.11 bits per heavy atom. The van der Waals surface area contributed by atoms with Gasteiger partial charge in [0.15, 0.2) is 5.78 Å². The Bertz CT molecular complexity index is 781. The second kappa shape index (κ2) is 7.00. The molecule has 2 fully saturated rings. The third-order valence-corrected chi connectivity index (χ3v) is 6.89. The number of rotatable bonds is 3. The predicted molar refractivity (Wildman–Crippen MR) is 105 cm³/mol. The van der Waals surface area contributed by atoms with Crippen LogP contribution in [0.5, 0.6) is 0 Å². The average molecular weight is 383 g/mol. The van der Waals surface area contributed by atoms with Crippen LogP contribution in [0.3, 0.4) is 0 Å². The van der Waals surface area contributed by atoms with Gasteiger partial charge in [-0.25, -0.2) is 0 Å². The van der Waals surface area contributed by atoms with Crippen LogP contribution in [-0.4, -0.2) is 24.3 Å². The van der Waals surface area contributed by atoms with Crippen molar-refractivity contribution >= 4 is 5.78 Å². The number of carbonyl (C=O) groups is 1. The molecule has 2 aliphatic heterocycles. The molecular formula is C24H30O4. The molecule has 4 nitrogen and oxygen atoms in total. The number of hydrogen-bond acceptors (Lipinski definition) is 4. The van der Waals surface area contributed by atoms with Crippen molar-refractivity contribution in [1.82, 2.24) is 0 Å². The molecule has 0 aromatic heterocycles. The van der Waals surface area contributed by atoms with Crippen LogP contribution in [-0.2, 0) is 25.6 Å². The first kappa shape index (κ1) is 18.4. The molecule has 2 heterocycles. The maximum atomic E-state index is 13.1. The lowest BCUT2D eigenvalue weighted by atomic mass is 9.69. The maximum Gasteiger partial charge on any atom is 0.209 e. The molecule has 28 heavy (non-hydrogen) atoms. The van der Waals surface area contributed by atoms with Gasteiger partial charge in [-0.15, -0.1) is 0 Å². The second-order valence-corrected chi connectivity index (χ2v) is 9.67. The molecule has 0 spiro atoms. The highest BCUT2D eigenvalue weighted by Gasteiger charge is 2.56. The van der Waals surface area contributed by atoms with Gasteiger partial charge in [-0.3, -0.25) is 4.79 Å². The van der Waals surface area contributed by atoms with Crippen LogP contribution < -0.4 is 0 Å². The third kappa shape index (κ3) is 3.21. The molecule has 4 aliphatic rings. The summed E-state index contributed by atoms with van der Waals surface area (Å²) in [5.74, 6) is 1.35. The van der Waals surface area contributed by atoms with Gasteiger partial charge in [0, 0.05) is 24.3 Å². The normalized spacial score (nSPS) is 36.4. The Morgan fingerprint density at radius 3 is 2.71 bits per heavy atom. The summed E-state index contributed by atoms with van der Waals surface area (Å²) in [5, 5.41) is 0. The Kier molecular flexibility index (Phi) is 4.59. The molecule has 1 aromatic carbocycles. The number of carbonyl (C=O) groups excluding carboxylic acids is 1. The van der Waals surface area contributed by atoms with Gasteiger partial charge in [-0.1, -0.05) is 57.0 Å². The number of benzene rings is 1. The predicted octanol–water partition coefficient (Wildman–Crippen LogP) is 4.78. The van der Waals surface area contributed by atoms with E-state index in [1.54, 1.807) is 0 Å². The number of hydrogen-bond donors (Lipinski definition) is 0. The van der Waals surface area contributed by atoms with E-state index in [0.29, 0.717) is 18.9 Å². The van der Waals surface area contributed by atoms with Crippen LogP contribution >= 0.6 is 0 Å². The monoisotopic (exact) mass is 382 g/mol. The van der Waals surface area contributed by atoms with Crippen molar-refractivity contribution in [1.29, 1.82) is 0 Å². The zero-order chi connectivity index (χ0) is 19.3. The molecule has 0 bridgehead atoms. The lowest BCUT2D eigenvalue weighted by Gasteiger charge is -2.46. The summed E-state index contributed by atoms with van der Waals surface area (Å²) < 4.78 is 19.2. The Balaban J connectivity index is 1.46. The zero-order valence-electron chi connectivity index (χ0n) is 16.9. The van der Waals surface area contributed by atoms with Gasteiger partial charge in [-0.2, -0.15) is 0 Å². The highest BCUT2D eigenvalue weighted by molar-refractivity contribution is 5.98. The fourth-order valence-corrected chi connectivity index (χ4v) is 5.64. The summed E-state index contributed by atoms with van der Waals surface area (Å²) in [4.78, 5) is 13.1. The van der Waals surface area contributed by atoms with Gasteiger partial charge in [0.25, 0.3) is 0 Å². The number of Topliss-reactive ketones (excluding diaryl/α,β-unsaturated/α-hetero) is 1. The number of fused-ring (bicyclic) bond motifs is 3. The molecule has 5 rings (SSSR count). The van der Waals surface area contributed by atoms with E-state index < -0.39 is 0 Å². The van der Waals surface area contributed by atoms with Crippen LogP contribution in [0, 0.1) is 17.3 Å². The van der Waals surface area contributed by atoms with Gasteiger partial charge in [0.1, 0.15) is 5.76 Å². The molecule has 1 saturated heterocycles. The molecule has 4 heteroatoms. The zero-order valence-corrected chi connectivity index (χ0v) is 16.9. The van der Waals surface area contributed by atoms with Crippen LogP contribution in [0.4, 0.5) is 0 Å². The van der Waals surface area contributed by atoms with Gasteiger partial charge in [-0.05, 0) is 23.8 Å². The summed E-state index contributed by atoms with van der Waals surface area (Å²) in [6.45, 7) is 4.86. The Hall–Kier alpha value is -1.65. The summed E-state index contributed by atoms with van der Waals surface area (Å²) >= 11 is 0. The number of ketones is 1. The highest BCUT2D eigenvalue weighted by Crippen LogP contribution is 2.52. The molecule has 150 valence electrons. The van der Waals surface area contributed by atoms with Crippen molar-refractivity contribution in [2.24, 2.45) is 17.3 Å². The first-order valence-corrected chi connectivity index (χ1v) is 10.8. The summed E-state index contributed by atoms with van der Waals surface area (Å²) in [5.41, 5.74) is 1.99.